The van der Waals surface area contributed by atoms with Crippen LogP contribution in [-0.4, -0.2) is 14.9 Å². The second-order valence-corrected chi connectivity index (χ2v) is 4.68. The Morgan fingerprint density at radius 1 is 1.24 bits per heavy atom. The Balaban J connectivity index is 2.31. The minimum Gasteiger partial charge on any atom is -0.386 e. The topological polar surface area (TPSA) is 55.1 Å². The Kier molecular flexibility index (Phi) is 4.34. The van der Waals surface area contributed by atoms with Crippen LogP contribution in [0.15, 0.2) is 41.2 Å². The number of aromatic nitrogens is 2. The molecule has 1 aromatic heterocycles. The smallest absolute Gasteiger partial charge is 0.386 e. The van der Waals surface area contributed by atoms with Crippen molar-refractivity contribution < 1.29 is 18.3 Å². The predicted molar refractivity (Wildman–Crippen MR) is 69.9 cm³/mol. The summed E-state index contributed by atoms with van der Waals surface area (Å²) in [6, 6.07) is 7.67. The number of alkyl halides is 3. The van der Waals surface area contributed by atoms with Crippen LogP contribution in [0.2, 0.25) is 5.02 Å². The number of hydrogen-bond acceptors (Lipinski definition) is 3. The molecule has 0 amide bonds. The fraction of sp³-hybridized carbons (Fsp3) is 0.231. The maximum Gasteiger partial charge on any atom is 0.435 e. The summed E-state index contributed by atoms with van der Waals surface area (Å²) in [6.07, 6.45) is -5.91. The number of hydrogen-bond donors (Lipinski definition) is 1. The van der Waals surface area contributed by atoms with Crippen molar-refractivity contribution in [3.63, 3.8) is 0 Å². The van der Waals surface area contributed by atoms with Crippen molar-refractivity contribution in [2.45, 2.75) is 18.8 Å². The molecule has 1 atom stereocenters. The molecule has 0 saturated heterocycles. The molecule has 0 aliphatic rings. The van der Waals surface area contributed by atoms with E-state index >= 15 is 0 Å². The van der Waals surface area contributed by atoms with Gasteiger partial charge in [0.25, 0.3) is 5.56 Å². The molecule has 0 spiro atoms. The van der Waals surface area contributed by atoms with E-state index in [1.807, 2.05) is 0 Å². The highest BCUT2D eigenvalue weighted by Crippen LogP contribution is 2.27. The van der Waals surface area contributed by atoms with Crippen LogP contribution in [0, 0.1) is 0 Å². The molecule has 112 valence electrons. The van der Waals surface area contributed by atoms with Crippen LogP contribution < -0.4 is 5.56 Å². The fourth-order valence-corrected chi connectivity index (χ4v) is 2.00. The first kappa shape index (κ1) is 15.5. The van der Waals surface area contributed by atoms with Gasteiger partial charge in [-0.2, -0.15) is 18.3 Å². The van der Waals surface area contributed by atoms with Gasteiger partial charge in [-0.05, 0) is 12.1 Å². The lowest BCUT2D eigenvalue weighted by Gasteiger charge is -2.14. The average Bonchev–Trinajstić information content (AvgIpc) is 2.40. The van der Waals surface area contributed by atoms with Crippen molar-refractivity contribution >= 4 is 11.6 Å². The normalized spacial score (nSPS) is 13.2. The van der Waals surface area contributed by atoms with Gasteiger partial charge in [-0.3, -0.25) is 4.79 Å². The number of aliphatic hydroxyl groups excluding tert-OH is 1. The van der Waals surface area contributed by atoms with Gasteiger partial charge in [-0.15, -0.1) is 0 Å². The van der Waals surface area contributed by atoms with Gasteiger partial charge in [0.05, 0.1) is 6.54 Å². The molecular formula is C13H10ClF3N2O2. The maximum absolute atomic E-state index is 12.6. The molecule has 1 N–H and O–H groups in total. The van der Waals surface area contributed by atoms with E-state index in [-0.39, 0.29) is 5.02 Å². The molecule has 2 aromatic rings. The second-order valence-electron chi connectivity index (χ2n) is 4.27. The molecule has 2 rings (SSSR count). The van der Waals surface area contributed by atoms with E-state index in [0.29, 0.717) is 16.3 Å². The van der Waals surface area contributed by atoms with Crippen molar-refractivity contribution in [1.29, 1.82) is 0 Å². The standard InChI is InChI=1S/C13H10ClF3N2O2/c14-9-4-2-1-3-8(9)10(20)7-19-12(21)6-5-11(18-19)13(15,16)17/h1-6,10,20H,7H2. The van der Waals surface area contributed by atoms with E-state index in [2.05, 4.69) is 5.10 Å². The molecule has 1 aromatic carbocycles. The van der Waals surface area contributed by atoms with Crippen LogP contribution in [0.25, 0.3) is 0 Å². The van der Waals surface area contributed by atoms with Gasteiger partial charge >= 0.3 is 6.18 Å². The molecule has 0 radical (unpaired) electrons. The zero-order chi connectivity index (χ0) is 15.6. The van der Waals surface area contributed by atoms with Crippen LogP contribution in [-0.2, 0) is 12.7 Å². The lowest BCUT2D eigenvalue weighted by Crippen LogP contribution is -2.28. The zero-order valence-corrected chi connectivity index (χ0v) is 11.3. The number of nitrogens with zero attached hydrogens (tertiary/aromatic N) is 2. The van der Waals surface area contributed by atoms with Crippen molar-refractivity contribution in [2.75, 3.05) is 0 Å². The molecular weight excluding hydrogens is 309 g/mol. The molecule has 0 aliphatic carbocycles. The second kappa shape index (κ2) is 5.87. The van der Waals surface area contributed by atoms with E-state index in [4.69, 9.17) is 11.6 Å². The van der Waals surface area contributed by atoms with Gasteiger partial charge in [0.15, 0.2) is 5.69 Å². The Morgan fingerprint density at radius 3 is 2.52 bits per heavy atom. The summed E-state index contributed by atoms with van der Waals surface area (Å²) in [5.41, 5.74) is -1.63. The third-order valence-electron chi connectivity index (χ3n) is 2.77. The maximum atomic E-state index is 12.6. The Labute approximate surface area is 122 Å². The van der Waals surface area contributed by atoms with Crippen molar-refractivity contribution in [3.05, 3.63) is 63.0 Å². The van der Waals surface area contributed by atoms with E-state index < -0.39 is 30.1 Å². The molecule has 0 bridgehead atoms. The first-order chi connectivity index (χ1) is 9.79. The van der Waals surface area contributed by atoms with E-state index in [9.17, 15) is 23.1 Å². The van der Waals surface area contributed by atoms with Gasteiger partial charge in [-0.25, -0.2) is 4.68 Å². The van der Waals surface area contributed by atoms with Crippen molar-refractivity contribution in [2.24, 2.45) is 0 Å². The minimum atomic E-state index is -4.66. The highest BCUT2D eigenvalue weighted by Gasteiger charge is 2.33. The lowest BCUT2D eigenvalue weighted by atomic mass is 10.1. The number of rotatable bonds is 3. The summed E-state index contributed by atoms with van der Waals surface area (Å²) >= 11 is 5.88. The summed E-state index contributed by atoms with van der Waals surface area (Å²) < 4.78 is 38.3. The molecule has 0 aliphatic heterocycles. The van der Waals surface area contributed by atoms with Crippen LogP contribution in [0.1, 0.15) is 17.4 Å². The molecule has 1 unspecified atom stereocenters. The summed E-state index contributed by atoms with van der Waals surface area (Å²) in [4.78, 5) is 11.5. The van der Waals surface area contributed by atoms with E-state index in [1.54, 1.807) is 12.1 Å². The molecule has 1 heterocycles. The first-order valence-corrected chi connectivity index (χ1v) is 6.24. The molecule has 0 saturated carbocycles. The van der Waals surface area contributed by atoms with Crippen molar-refractivity contribution in [3.8, 4) is 0 Å². The van der Waals surface area contributed by atoms with Gasteiger partial charge in [0.1, 0.15) is 6.10 Å². The fourth-order valence-electron chi connectivity index (χ4n) is 1.74. The molecule has 0 fully saturated rings. The Hall–Kier alpha value is -1.86. The Bertz CT molecular complexity index is 700. The van der Waals surface area contributed by atoms with Crippen LogP contribution in [0.4, 0.5) is 13.2 Å². The number of halogens is 4. The van der Waals surface area contributed by atoms with Crippen LogP contribution >= 0.6 is 11.6 Å². The highest BCUT2D eigenvalue weighted by molar-refractivity contribution is 6.31. The van der Waals surface area contributed by atoms with Gasteiger partial charge in [-0.1, -0.05) is 29.8 Å². The number of aliphatic hydroxyl groups is 1. The molecule has 8 heteroatoms. The van der Waals surface area contributed by atoms with Crippen LogP contribution in [0.5, 0.6) is 0 Å². The zero-order valence-electron chi connectivity index (χ0n) is 10.5. The minimum absolute atomic E-state index is 0.255. The SMILES string of the molecule is O=c1ccc(C(F)(F)F)nn1CC(O)c1ccccc1Cl. The molecule has 21 heavy (non-hydrogen) atoms. The quantitative estimate of drug-likeness (QED) is 0.946. The first-order valence-electron chi connectivity index (χ1n) is 5.87. The highest BCUT2D eigenvalue weighted by atomic mass is 35.5. The third-order valence-corrected chi connectivity index (χ3v) is 3.11. The largest absolute Gasteiger partial charge is 0.435 e. The van der Waals surface area contributed by atoms with E-state index in [0.717, 1.165) is 6.07 Å². The van der Waals surface area contributed by atoms with Crippen molar-refractivity contribution in [1.82, 2.24) is 9.78 Å². The lowest BCUT2D eigenvalue weighted by molar-refractivity contribution is -0.142. The summed E-state index contributed by atoms with van der Waals surface area (Å²) in [7, 11) is 0. The number of benzene rings is 1. The molecule has 4 nitrogen and oxygen atoms in total. The van der Waals surface area contributed by atoms with Gasteiger partial charge in [0.2, 0.25) is 0 Å². The van der Waals surface area contributed by atoms with Gasteiger partial charge < -0.3 is 5.11 Å². The summed E-state index contributed by atoms with van der Waals surface area (Å²) in [5, 5.41) is 13.5. The van der Waals surface area contributed by atoms with Gasteiger partial charge in [0, 0.05) is 16.7 Å². The van der Waals surface area contributed by atoms with Crippen LogP contribution in [0.3, 0.4) is 0 Å². The average molecular weight is 319 g/mol. The third kappa shape index (κ3) is 3.62. The summed E-state index contributed by atoms with van der Waals surface area (Å²) in [5.74, 6) is 0. The van der Waals surface area contributed by atoms with E-state index in [1.165, 1.54) is 12.1 Å². The Morgan fingerprint density at radius 2 is 1.90 bits per heavy atom. The predicted octanol–water partition coefficient (Wildman–Crippen LogP) is 2.65. The summed E-state index contributed by atoms with van der Waals surface area (Å²) in [6.45, 7) is -0.424. The monoisotopic (exact) mass is 318 g/mol.